The summed E-state index contributed by atoms with van der Waals surface area (Å²) in [6, 6.07) is 12.9. The van der Waals surface area contributed by atoms with Crippen LogP contribution in [0, 0.1) is 5.82 Å². The van der Waals surface area contributed by atoms with Crippen molar-refractivity contribution >= 4 is 11.6 Å². The number of nitrogens with one attached hydrogen (secondary N) is 1. The van der Waals surface area contributed by atoms with Gasteiger partial charge in [0.25, 0.3) is 0 Å². The predicted molar refractivity (Wildman–Crippen MR) is 99.9 cm³/mol. The smallest absolute Gasteiger partial charge is 0.193 e. The van der Waals surface area contributed by atoms with E-state index in [1.165, 1.54) is 6.07 Å². The Kier molecular flexibility index (Phi) is 6.91. The molecule has 0 aromatic heterocycles. The first-order valence-electron chi connectivity index (χ1n) is 8.05. The van der Waals surface area contributed by atoms with Crippen LogP contribution in [0.15, 0.2) is 47.5 Å². The van der Waals surface area contributed by atoms with E-state index in [0.29, 0.717) is 25.3 Å². The Bertz CT molecular complexity index is 731. The molecule has 0 saturated heterocycles. The molecule has 0 amide bonds. The molecule has 0 saturated carbocycles. The Labute approximate surface area is 148 Å². The number of nitrogens with two attached hydrogens (primary N) is 1. The third kappa shape index (κ3) is 5.85. The van der Waals surface area contributed by atoms with Crippen LogP contribution < -0.4 is 11.1 Å². The minimum atomic E-state index is -0.224. The lowest BCUT2D eigenvalue weighted by atomic mass is 10.1. The molecule has 5 nitrogen and oxygen atoms in total. The number of anilines is 1. The molecule has 0 fully saturated rings. The lowest BCUT2D eigenvalue weighted by molar-refractivity contribution is 0.185. The van der Waals surface area contributed by atoms with Gasteiger partial charge >= 0.3 is 0 Å². The van der Waals surface area contributed by atoms with Crippen molar-refractivity contribution in [3.63, 3.8) is 0 Å². The Balaban J connectivity index is 2.03. The molecule has 0 aliphatic rings. The van der Waals surface area contributed by atoms with E-state index in [-0.39, 0.29) is 11.8 Å². The molecule has 0 atom stereocenters. The average Bonchev–Trinajstić information content (AvgIpc) is 2.57. The lowest BCUT2D eigenvalue weighted by Gasteiger charge is -2.12. The molecule has 0 unspecified atom stereocenters. The third-order valence-corrected chi connectivity index (χ3v) is 3.62. The van der Waals surface area contributed by atoms with Crippen LogP contribution in [0.5, 0.6) is 0 Å². The normalized spacial score (nSPS) is 11.8. The minimum absolute atomic E-state index is 0.224. The van der Waals surface area contributed by atoms with Gasteiger partial charge in [-0.25, -0.2) is 9.38 Å². The summed E-state index contributed by atoms with van der Waals surface area (Å²) in [5.41, 5.74) is 9.22. The molecular formula is C19H25FN4O. The third-order valence-electron chi connectivity index (χ3n) is 3.62. The van der Waals surface area contributed by atoms with Gasteiger partial charge in [-0.1, -0.05) is 30.3 Å². The van der Waals surface area contributed by atoms with Crippen molar-refractivity contribution in [3.05, 3.63) is 65.0 Å². The summed E-state index contributed by atoms with van der Waals surface area (Å²) in [5, 5.41) is 3.06. The second-order valence-corrected chi connectivity index (χ2v) is 6.08. The first-order valence-corrected chi connectivity index (χ1v) is 8.05. The fourth-order valence-corrected chi connectivity index (χ4v) is 2.44. The second-order valence-electron chi connectivity index (χ2n) is 6.08. The van der Waals surface area contributed by atoms with Gasteiger partial charge in [0, 0.05) is 30.5 Å². The number of para-hydroxylation sites is 1. The van der Waals surface area contributed by atoms with Crippen LogP contribution in [0.25, 0.3) is 0 Å². The molecule has 0 spiro atoms. The molecule has 0 aliphatic heterocycles. The van der Waals surface area contributed by atoms with Crippen LogP contribution in [0.4, 0.5) is 10.1 Å². The van der Waals surface area contributed by atoms with Gasteiger partial charge in [-0.15, -0.1) is 0 Å². The molecule has 0 aliphatic carbocycles. The number of hydrogen-bond acceptors (Lipinski definition) is 3. The molecular weight excluding hydrogens is 319 g/mol. The van der Waals surface area contributed by atoms with Crippen LogP contribution in [0.2, 0.25) is 0 Å². The van der Waals surface area contributed by atoms with Gasteiger partial charge in [0.15, 0.2) is 5.96 Å². The van der Waals surface area contributed by atoms with Crippen molar-refractivity contribution in [2.24, 2.45) is 10.7 Å². The van der Waals surface area contributed by atoms with Crippen LogP contribution in [0.3, 0.4) is 0 Å². The molecule has 3 N–H and O–H groups in total. The summed E-state index contributed by atoms with van der Waals surface area (Å²) < 4.78 is 19.2. The molecule has 0 bridgehead atoms. The highest BCUT2D eigenvalue weighted by Crippen LogP contribution is 2.16. The Morgan fingerprint density at radius 2 is 1.96 bits per heavy atom. The molecule has 25 heavy (non-hydrogen) atoms. The monoisotopic (exact) mass is 344 g/mol. The molecule has 2 rings (SSSR count). The Hall–Kier alpha value is -2.44. The van der Waals surface area contributed by atoms with Crippen LogP contribution in [0.1, 0.15) is 16.7 Å². The highest BCUT2D eigenvalue weighted by molar-refractivity contribution is 5.92. The van der Waals surface area contributed by atoms with E-state index in [4.69, 9.17) is 10.5 Å². The topological polar surface area (TPSA) is 62.9 Å². The number of hydrogen-bond donors (Lipinski definition) is 2. The maximum Gasteiger partial charge on any atom is 0.193 e. The summed E-state index contributed by atoms with van der Waals surface area (Å²) in [6.45, 7) is 1.36. The van der Waals surface area contributed by atoms with E-state index in [1.807, 2.05) is 49.3 Å². The van der Waals surface area contributed by atoms with E-state index in [1.54, 1.807) is 13.2 Å². The largest absolute Gasteiger partial charge is 0.380 e. The zero-order chi connectivity index (χ0) is 18.2. The highest BCUT2D eigenvalue weighted by atomic mass is 19.1. The summed E-state index contributed by atoms with van der Waals surface area (Å²) in [7, 11) is 5.46. The second kappa shape index (κ2) is 9.15. The lowest BCUT2D eigenvalue weighted by Crippen LogP contribution is -2.23. The van der Waals surface area contributed by atoms with Crippen molar-refractivity contribution in [2.45, 2.75) is 19.7 Å². The summed E-state index contributed by atoms with van der Waals surface area (Å²) in [5.74, 6) is 0.0553. The number of benzene rings is 2. The SMILES string of the molecule is COCc1ccccc1NC(N)=NCc1ccc(CN(C)C)c(F)c1. The van der Waals surface area contributed by atoms with Gasteiger partial charge in [-0.05, 0) is 31.8 Å². The predicted octanol–water partition coefficient (Wildman–Crippen LogP) is 2.96. The first kappa shape index (κ1) is 18.9. The molecule has 2 aromatic carbocycles. The number of methoxy groups -OCH3 is 1. The molecule has 0 radical (unpaired) electrons. The summed E-state index contributed by atoms with van der Waals surface area (Å²) in [6.07, 6.45) is 0. The number of guanidine groups is 1. The Morgan fingerprint density at radius 3 is 2.64 bits per heavy atom. The van der Waals surface area contributed by atoms with E-state index >= 15 is 0 Å². The first-order chi connectivity index (χ1) is 12.0. The maximum absolute atomic E-state index is 14.1. The van der Waals surface area contributed by atoms with Crippen molar-refractivity contribution in [2.75, 3.05) is 26.5 Å². The van der Waals surface area contributed by atoms with Crippen molar-refractivity contribution < 1.29 is 9.13 Å². The average molecular weight is 344 g/mol. The highest BCUT2D eigenvalue weighted by Gasteiger charge is 2.06. The molecule has 6 heteroatoms. The maximum atomic E-state index is 14.1. The van der Waals surface area contributed by atoms with E-state index < -0.39 is 0 Å². The number of rotatable bonds is 7. The van der Waals surface area contributed by atoms with Crippen molar-refractivity contribution in [1.29, 1.82) is 0 Å². The van der Waals surface area contributed by atoms with E-state index in [9.17, 15) is 4.39 Å². The fourth-order valence-electron chi connectivity index (χ4n) is 2.44. The van der Waals surface area contributed by atoms with Gasteiger partial charge in [0.05, 0.1) is 13.2 Å². The summed E-state index contributed by atoms with van der Waals surface area (Å²) >= 11 is 0. The van der Waals surface area contributed by atoms with Crippen molar-refractivity contribution in [1.82, 2.24) is 4.90 Å². The van der Waals surface area contributed by atoms with E-state index in [2.05, 4.69) is 10.3 Å². The van der Waals surface area contributed by atoms with Gasteiger partial charge in [-0.3, -0.25) is 0 Å². The zero-order valence-electron chi connectivity index (χ0n) is 14.9. The minimum Gasteiger partial charge on any atom is -0.380 e. The number of nitrogens with zero attached hydrogens (tertiary/aromatic N) is 2. The number of ether oxygens (including phenoxy) is 1. The fraction of sp³-hybridized carbons (Fsp3) is 0.316. The quantitative estimate of drug-likeness (QED) is 0.599. The van der Waals surface area contributed by atoms with Crippen LogP contribution >= 0.6 is 0 Å². The van der Waals surface area contributed by atoms with Crippen molar-refractivity contribution in [3.8, 4) is 0 Å². The summed E-state index contributed by atoms with van der Waals surface area (Å²) in [4.78, 5) is 6.21. The molecule has 2 aromatic rings. The standard InChI is InChI=1S/C19H25FN4O/c1-24(2)12-15-9-8-14(10-17(15)20)11-22-19(21)23-18-7-5-4-6-16(18)13-25-3/h4-10H,11-13H2,1-3H3,(H3,21,22,23). The van der Waals surface area contributed by atoms with Crippen LogP contribution in [-0.2, 0) is 24.4 Å². The molecule has 134 valence electrons. The van der Waals surface area contributed by atoms with Gasteiger partial charge < -0.3 is 20.7 Å². The van der Waals surface area contributed by atoms with Gasteiger partial charge in [0.2, 0.25) is 0 Å². The van der Waals surface area contributed by atoms with Gasteiger partial charge in [0.1, 0.15) is 5.82 Å². The van der Waals surface area contributed by atoms with Gasteiger partial charge in [-0.2, -0.15) is 0 Å². The van der Waals surface area contributed by atoms with E-state index in [0.717, 1.165) is 16.8 Å². The zero-order valence-corrected chi connectivity index (χ0v) is 14.9. The molecule has 0 heterocycles. The number of aliphatic imine (C=N–C) groups is 1. The number of halogens is 1. The van der Waals surface area contributed by atoms with Crippen LogP contribution in [-0.4, -0.2) is 32.1 Å². The Morgan fingerprint density at radius 1 is 1.20 bits per heavy atom.